The van der Waals surface area contributed by atoms with Gasteiger partial charge in [-0.25, -0.2) is 4.68 Å². The number of thioether (sulfide) groups is 1. The second kappa shape index (κ2) is 4.40. The molecule has 1 aliphatic heterocycles. The lowest BCUT2D eigenvalue weighted by atomic mass is 10.1. The van der Waals surface area contributed by atoms with Gasteiger partial charge >= 0.3 is 0 Å². The van der Waals surface area contributed by atoms with Gasteiger partial charge < -0.3 is 10.2 Å². The molecule has 0 spiro atoms. The topological polar surface area (TPSA) is 52.0 Å². The summed E-state index contributed by atoms with van der Waals surface area (Å²) in [5.74, 6) is 2.48. The van der Waals surface area contributed by atoms with Gasteiger partial charge in [0.1, 0.15) is 6.61 Å². The minimum Gasteiger partial charge on any atom is -0.377 e. The number of fused-ring (bicyclic) bond motifs is 1. The highest BCUT2D eigenvalue weighted by Crippen LogP contribution is 2.24. The van der Waals surface area contributed by atoms with Gasteiger partial charge in [-0.05, 0) is 5.92 Å². The van der Waals surface area contributed by atoms with Crippen molar-refractivity contribution in [2.75, 3.05) is 18.3 Å². The van der Waals surface area contributed by atoms with Crippen molar-refractivity contribution in [3.8, 4) is 0 Å². The predicted octanol–water partition coefficient (Wildman–Crippen LogP) is 1.10. The number of nitrogens with zero attached hydrogens (tertiary/aromatic N) is 3. The fraction of sp³-hybridized carbons (Fsp3) is 0.778. The molecule has 84 valence electrons. The maximum absolute atomic E-state index is 5.08. The van der Waals surface area contributed by atoms with E-state index in [4.69, 9.17) is 4.74 Å². The molecular weight excluding hydrogens is 212 g/mol. The largest absolute Gasteiger partial charge is 0.377 e. The first-order chi connectivity index (χ1) is 7.22. The van der Waals surface area contributed by atoms with Crippen LogP contribution in [0.2, 0.25) is 0 Å². The van der Waals surface area contributed by atoms with E-state index in [1.807, 2.05) is 4.68 Å². The summed E-state index contributed by atoms with van der Waals surface area (Å²) in [4.78, 5) is 0. The molecule has 0 fully saturated rings. The minimum atomic E-state index is 0.467. The van der Waals surface area contributed by atoms with Crippen LogP contribution in [0.15, 0.2) is 5.16 Å². The van der Waals surface area contributed by atoms with Crippen LogP contribution in [0.4, 0.5) is 0 Å². The first-order valence-electron chi connectivity index (χ1n) is 5.05. The highest BCUT2D eigenvalue weighted by molar-refractivity contribution is 7.99. The van der Waals surface area contributed by atoms with Crippen LogP contribution in [0.25, 0.3) is 0 Å². The molecule has 0 saturated heterocycles. The second-order valence-electron chi connectivity index (χ2n) is 3.96. The summed E-state index contributed by atoms with van der Waals surface area (Å²) in [5.41, 5.74) is 3.42. The predicted molar refractivity (Wildman–Crippen MR) is 59.4 cm³/mol. The van der Waals surface area contributed by atoms with E-state index in [0.29, 0.717) is 18.6 Å². The Morgan fingerprint density at radius 2 is 2.40 bits per heavy atom. The van der Waals surface area contributed by atoms with Crippen LogP contribution in [0.3, 0.4) is 0 Å². The number of rotatable bonds is 3. The first-order valence-corrected chi connectivity index (χ1v) is 6.03. The van der Waals surface area contributed by atoms with Gasteiger partial charge in [-0.15, -0.1) is 10.2 Å². The Kier molecular flexibility index (Phi) is 3.16. The van der Waals surface area contributed by atoms with Crippen molar-refractivity contribution in [1.29, 1.82) is 0 Å². The standard InChI is InChI=1S/C9H16N4OS/c1-6(2)7-5-15-9-11-10-8(4-14-3)13(9)12-7/h6-7,12H,4-5H2,1-3H3. The van der Waals surface area contributed by atoms with Crippen LogP contribution in [0.5, 0.6) is 0 Å². The summed E-state index contributed by atoms with van der Waals surface area (Å²) in [6.45, 7) is 4.92. The van der Waals surface area contributed by atoms with Gasteiger partial charge in [-0.2, -0.15) is 0 Å². The average molecular weight is 228 g/mol. The lowest BCUT2D eigenvalue weighted by Gasteiger charge is -2.28. The van der Waals surface area contributed by atoms with Crippen molar-refractivity contribution >= 4 is 11.8 Å². The van der Waals surface area contributed by atoms with Gasteiger partial charge in [0.05, 0.1) is 6.04 Å². The Balaban J connectivity index is 2.18. The Labute approximate surface area is 93.6 Å². The Morgan fingerprint density at radius 1 is 1.60 bits per heavy atom. The maximum atomic E-state index is 5.08. The monoisotopic (exact) mass is 228 g/mol. The van der Waals surface area contributed by atoms with Crippen molar-refractivity contribution in [3.63, 3.8) is 0 Å². The minimum absolute atomic E-state index is 0.467. The third kappa shape index (κ3) is 2.10. The molecule has 1 aliphatic rings. The number of methoxy groups -OCH3 is 1. The summed E-state index contributed by atoms with van der Waals surface area (Å²) < 4.78 is 7.02. The molecular formula is C9H16N4OS. The van der Waals surface area contributed by atoms with E-state index in [1.165, 1.54) is 0 Å². The van der Waals surface area contributed by atoms with Crippen LogP contribution >= 0.6 is 11.8 Å². The number of nitrogens with one attached hydrogen (secondary N) is 1. The quantitative estimate of drug-likeness (QED) is 0.839. The highest BCUT2D eigenvalue weighted by Gasteiger charge is 2.24. The number of hydrogen-bond donors (Lipinski definition) is 1. The van der Waals surface area contributed by atoms with E-state index in [-0.39, 0.29) is 0 Å². The Hall–Kier alpha value is -0.750. The van der Waals surface area contributed by atoms with Gasteiger partial charge in [-0.3, -0.25) is 0 Å². The van der Waals surface area contributed by atoms with Crippen molar-refractivity contribution in [2.24, 2.45) is 5.92 Å². The molecule has 0 bridgehead atoms. The third-order valence-corrected chi connectivity index (χ3v) is 3.51. The molecule has 1 aromatic rings. The molecule has 1 unspecified atom stereocenters. The molecule has 6 heteroatoms. The fourth-order valence-corrected chi connectivity index (χ4v) is 2.63. The number of aromatic nitrogens is 3. The van der Waals surface area contributed by atoms with Gasteiger partial charge in [0, 0.05) is 12.9 Å². The van der Waals surface area contributed by atoms with E-state index in [2.05, 4.69) is 29.5 Å². The molecule has 2 rings (SSSR count). The van der Waals surface area contributed by atoms with Crippen molar-refractivity contribution in [2.45, 2.75) is 31.7 Å². The zero-order valence-electron chi connectivity index (χ0n) is 9.23. The van der Waals surface area contributed by atoms with Gasteiger partial charge in [0.2, 0.25) is 5.16 Å². The van der Waals surface area contributed by atoms with Crippen LogP contribution in [0, 0.1) is 5.92 Å². The SMILES string of the molecule is COCc1nnc2n1NC(C(C)C)CS2. The van der Waals surface area contributed by atoms with Crippen molar-refractivity contribution in [1.82, 2.24) is 14.9 Å². The third-order valence-electron chi connectivity index (χ3n) is 2.47. The summed E-state index contributed by atoms with van der Waals surface area (Å²) in [5, 5.41) is 9.12. The number of ether oxygens (including phenoxy) is 1. The average Bonchev–Trinajstić information content (AvgIpc) is 2.61. The molecule has 1 atom stereocenters. The van der Waals surface area contributed by atoms with Gasteiger partial charge in [0.25, 0.3) is 0 Å². The smallest absolute Gasteiger partial charge is 0.210 e. The maximum Gasteiger partial charge on any atom is 0.210 e. The van der Waals surface area contributed by atoms with Crippen LogP contribution in [0.1, 0.15) is 19.7 Å². The molecule has 0 radical (unpaired) electrons. The molecule has 2 heterocycles. The number of hydrogen-bond acceptors (Lipinski definition) is 5. The van der Waals surface area contributed by atoms with Crippen molar-refractivity contribution < 1.29 is 4.74 Å². The zero-order valence-corrected chi connectivity index (χ0v) is 10.0. The molecule has 1 N–H and O–H groups in total. The van der Waals surface area contributed by atoms with Gasteiger partial charge in [0.15, 0.2) is 5.82 Å². The fourth-order valence-electron chi connectivity index (χ4n) is 1.45. The summed E-state index contributed by atoms with van der Waals surface area (Å²) in [6, 6.07) is 0.467. The lowest BCUT2D eigenvalue weighted by molar-refractivity contribution is 0.174. The Morgan fingerprint density at radius 3 is 3.07 bits per heavy atom. The molecule has 0 saturated carbocycles. The van der Waals surface area contributed by atoms with Crippen LogP contribution in [-0.2, 0) is 11.3 Å². The van der Waals surface area contributed by atoms with Crippen LogP contribution < -0.4 is 5.43 Å². The molecule has 5 nitrogen and oxygen atoms in total. The lowest BCUT2D eigenvalue weighted by Crippen LogP contribution is -2.39. The second-order valence-corrected chi connectivity index (χ2v) is 4.94. The Bertz CT molecular complexity index is 339. The zero-order chi connectivity index (χ0) is 10.8. The highest BCUT2D eigenvalue weighted by atomic mass is 32.2. The summed E-state index contributed by atoms with van der Waals surface area (Å²) in [7, 11) is 1.66. The molecule has 15 heavy (non-hydrogen) atoms. The van der Waals surface area contributed by atoms with Crippen molar-refractivity contribution in [3.05, 3.63) is 5.82 Å². The molecule has 0 aliphatic carbocycles. The van der Waals surface area contributed by atoms with E-state index in [1.54, 1.807) is 18.9 Å². The van der Waals surface area contributed by atoms with Crippen LogP contribution in [-0.4, -0.2) is 33.8 Å². The normalized spacial score (nSPS) is 20.1. The van der Waals surface area contributed by atoms with E-state index in [9.17, 15) is 0 Å². The summed E-state index contributed by atoms with van der Waals surface area (Å²) in [6.07, 6.45) is 0. The molecule has 0 amide bonds. The van der Waals surface area contributed by atoms with E-state index in [0.717, 1.165) is 16.7 Å². The molecule has 0 aromatic carbocycles. The van der Waals surface area contributed by atoms with E-state index >= 15 is 0 Å². The van der Waals surface area contributed by atoms with Gasteiger partial charge in [-0.1, -0.05) is 25.6 Å². The summed E-state index contributed by atoms with van der Waals surface area (Å²) >= 11 is 1.74. The first kappa shape index (κ1) is 10.8. The molecule has 1 aromatic heterocycles. The van der Waals surface area contributed by atoms with E-state index < -0.39 is 0 Å².